The Morgan fingerprint density at radius 3 is 2.09 bits per heavy atom. The van der Waals surface area contributed by atoms with Crippen LogP contribution in [0.4, 0.5) is 0 Å². The zero-order valence-electron chi connectivity index (χ0n) is 20.7. The number of carbonyl (C=O) groups excluding carboxylic acids is 4. The molecule has 0 saturated carbocycles. The Balaban J connectivity index is 3.12. The Bertz CT molecular complexity index is 815. The van der Waals surface area contributed by atoms with Gasteiger partial charge in [0.25, 0.3) is 5.91 Å². The van der Waals surface area contributed by atoms with Crippen molar-refractivity contribution in [1.82, 2.24) is 5.06 Å². The molecule has 0 aromatic carbocycles. The summed E-state index contributed by atoms with van der Waals surface area (Å²) in [5.74, 6) is -3.37. The van der Waals surface area contributed by atoms with E-state index in [1.807, 2.05) is 0 Å². The second kappa shape index (κ2) is 11.6. The van der Waals surface area contributed by atoms with Crippen LogP contribution in [0, 0.1) is 10.8 Å². The molecule has 2 unspecified atom stereocenters. The van der Waals surface area contributed by atoms with E-state index >= 15 is 0 Å². The van der Waals surface area contributed by atoms with Gasteiger partial charge in [0.15, 0.2) is 13.1 Å². The number of rotatable bonds is 10. The molecule has 1 heterocycles. The number of hydrogen-bond donors (Lipinski definition) is 1. The van der Waals surface area contributed by atoms with Gasteiger partial charge in [-0.15, -0.1) is 5.06 Å². The molecule has 1 aliphatic heterocycles. The zero-order chi connectivity index (χ0) is 26.5. The average molecular weight is 511 g/mol. The fraction of sp³-hybridized carbons (Fsp3) is 0.800. The van der Waals surface area contributed by atoms with Crippen molar-refractivity contribution in [1.29, 1.82) is 0 Å². The van der Waals surface area contributed by atoms with E-state index in [9.17, 15) is 28.8 Å². The number of esters is 2. The first-order valence-electron chi connectivity index (χ1n) is 10.4. The Labute approximate surface area is 198 Å². The van der Waals surface area contributed by atoms with E-state index in [1.54, 1.807) is 41.5 Å². The molecule has 1 saturated heterocycles. The number of hydrogen-bond acceptors (Lipinski definition) is 12. The molecule has 0 aromatic rings. The van der Waals surface area contributed by atoms with E-state index in [4.69, 9.17) is 28.1 Å². The monoisotopic (exact) mass is 511 g/mol. The van der Waals surface area contributed by atoms with Crippen LogP contribution in [0.1, 0.15) is 61.8 Å². The third-order valence-electron chi connectivity index (χ3n) is 4.33. The molecular weight excluding hydrogens is 477 g/mol. The van der Waals surface area contributed by atoms with E-state index < -0.39 is 80.4 Å². The molecule has 1 fully saturated rings. The number of ether oxygens (including phenoxy) is 3. The standard InChI is InChI=1S/C20H34NO12P/c1-12(22)32-15-9-14(16(24)21(15)33-13(2)23)34(27,30-10-28-17(25)19(3,4)5)31-11-29-18(26)20(6,7)8/h14-15,17,25H,9-11H2,1-8H3/t14-,15-,17?,34?/m0/s1. The predicted octanol–water partition coefficient (Wildman–Crippen LogP) is 2.07. The molecule has 0 aliphatic carbocycles. The van der Waals surface area contributed by atoms with Gasteiger partial charge < -0.3 is 24.2 Å². The van der Waals surface area contributed by atoms with Crippen molar-refractivity contribution in [3.8, 4) is 0 Å². The Morgan fingerprint density at radius 2 is 1.62 bits per heavy atom. The van der Waals surface area contributed by atoms with Crippen LogP contribution in [-0.2, 0) is 51.8 Å². The van der Waals surface area contributed by atoms with Crippen LogP contribution in [0.3, 0.4) is 0 Å². The molecule has 0 radical (unpaired) electrons. The molecule has 0 spiro atoms. The van der Waals surface area contributed by atoms with Crippen LogP contribution in [0.2, 0.25) is 0 Å². The molecule has 196 valence electrons. The topological polar surface area (TPSA) is 164 Å². The fourth-order valence-electron chi connectivity index (χ4n) is 2.48. The van der Waals surface area contributed by atoms with Gasteiger partial charge >= 0.3 is 25.5 Å². The lowest BCUT2D eigenvalue weighted by Gasteiger charge is -2.27. The van der Waals surface area contributed by atoms with Crippen molar-refractivity contribution >= 4 is 31.4 Å². The lowest BCUT2D eigenvalue weighted by Crippen LogP contribution is -2.38. The molecular formula is C20H34NO12P. The first-order chi connectivity index (χ1) is 15.4. The Hall–Kier alpha value is -2.05. The quantitative estimate of drug-likeness (QED) is 0.258. The number of carbonyl (C=O) groups is 4. The van der Waals surface area contributed by atoms with Gasteiger partial charge in [-0.3, -0.25) is 32.8 Å². The molecule has 14 heteroatoms. The lowest BCUT2D eigenvalue weighted by atomic mass is 9.96. The second-order valence-corrected chi connectivity index (χ2v) is 11.9. The van der Waals surface area contributed by atoms with E-state index in [-0.39, 0.29) is 0 Å². The summed E-state index contributed by atoms with van der Waals surface area (Å²) in [5.41, 5.74) is -3.18. The number of nitrogens with zero attached hydrogens (tertiary/aromatic N) is 1. The summed E-state index contributed by atoms with van der Waals surface area (Å²) in [6.45, 7) is 10.3. The number of amides is 1. The van der Waals surface area contributed by atoms with E-state index in [0.29, 0.717) is 5.06 Å². The summed E-state index contributed by atoms with van der Waals surface area (Å²) in [5, 5.41) is 10.5. The minimum absolute atomic E-state index is 0.419. The van der Waals surface area contributed by atoms with Crippen LogP contribution >= 0.6 is 7.60 Å². The van der Waals surface area contributed by atoms with E-state index in [0.717, 1.165) is 13.8 Å². The summed E-state index contributed by atoms with van der Waals surface area (Å²) in [6, 6.07) is 0. The molecule has 1 N–H and O–H groups in total. The molecule has 1 amide bonds. The third kappa shape index (κ3) is 8.62. The van der Waals surface area contributed by atoms with Gasteiger partial charge in [-0.2, -0.15) is 0 Å². The number of aliphatic hydroxyl groups excluding tert-OH is 1. The van der Waals surface area contributed by atoms with E-state index in [1.165, 1.54) is 0 Å². The van der Waals surface area contributed by atoms with Gasteiger partial charge in [0.2, 0.25) is 13.0 Å². The first kappa shape index (κ1) is 30.0. The van der Waals surface area contributed by atoms with Gasteiger partial charge in [-0.05, 0) is 20.8 Å². The maximum absolute atomic E-state index is 13.6. The molecule has 34 heavy (non-hydrogen) atoms. The predicted molar refractivity (Wildman–Crippen MR) is 114 cm³/mol. The van der Waals surface area contributed by atoms with Gasteiger partial charge in [-0.25, -0.2) is 0 Å². The zero-order valence-corrected chi connectivity index (χ0v) is 21.6. The second-order valence-electron chi connectivity index (χ2n) is 9.66. The largest absolute Gasteiger partial charge is 0.438 e. The number of hydroxylamine groups is 2. The van der Waals surface area contributed by atoms with Crippen LogP contribution in [-0.4, -0.2) is 65.7 Å². The first-order valence-corrected chi connectivity index (χ1v) is 12.0. The van der Waals surface area contributed by atoms with Gasteiger partial charge in [0.1, 0.15) is 5.66 Å². The average Bonchev–Trinajstić information content (AvgIpc) is 2.95. The minimum Gasteiger partial charge on any atom is -0.438 e. The molecule has 1 aliphatic rings. The maximum Gasteiger partial charge on any atom is 0.348 e. The van der Waals surface area contributed by atoms with Crippen molar-refractivity contribution < 1.29 is 56.9 Å². The van der Waals surface area contributed by atoms with E-state index in [2.05, 4.69) is 0 Å². The summed E-state index contributed by atoms with van der Waals surface area (Å²) < 4.78 is 39.2. The van der Waals surface area contributed by atoms with Crippen molar-refractivity contribution in [3.05, 3.63) is 0 Å². The smallest absolute Gasteiger partial charge is 0.348 e. The summed E-state index contributed by atoms with van der Waals surface area (Å²) >= 11 is 0. The minimum atomic E-state index is -4.49. The normalized spacial score (nSPS) is 21.6. The highest BCUT2D eigenvalue weighted by Gasteiger charge is 2.55. The Morgan fingerprint density at radius 1 is 1.06 bits per heavy atom. The summed E-state index contributed by atoms with van der Waals surface area (Å²) in [4.78, 5) is 52.6. The van der Waals surface area contributed by atoms with Crippen LogP contribution in [0.15, 0.2) is 0 Å². The SMILES string of the molecule is CC(=O)O[C@H]1C[C@H](P(=O)(OCOC(=O)C(C)(C)C)OCOC(O)C(C)(C)C)C(=O)N1OC(C)=O. The fourth-order valence-corrected chi connectivity index (χ4v) is 4.14. The highest BCUT2D eigenvalue weighted by Crippen LogP contribution is 2.57. The highest BCUT2D eigenvalue weighted by atomic mass is 31.2. The van der Waals surface area contributed by atoms with Crippen LogP contribution in [0.5, 0.6) is 0 Å². The summed E-state index contributed by atoms with van der Waals surface area (Å²) in [7, 11) is -4.49. The molecule has 0 aromatic heterocycles. The number of aliphatic hydroxyl groups is 1. The van der Waals surface area contributed by atoms with Gasteiger partial charge in [-0.1, -0.05) is 20.8 Å². The van der Waals surface area contributed by atoms with Crippen molar-refractivity contribution in [3.63, 3.8) is 0 Å². The Kier molecular flexibility index (Phi) is 10.2. The van der Waals surface area contributed by atoms with Gasteiger partial charge in [0.05, 0.1) is 5.41 Å². The maximum atomic E-state index is 13.6. The molecule has 1 rings (SSSR count). The van der Waals surface area contributed by atoms with Crippen LogP contribution in [0.25, 0.3) is 0 Å². The van der Waals surface area contributed by atoms with Gasteiger partial charge in [0, 0.05) is 25.7 Å². The summed E-state index contributed by atoms with van der Waals surface area (Å²) in [6.07, 6.45) is -3.12. The highest BCUT2D eigenvalue weighted by molar-refractivity contribution is 7.55. The lowest BCUT2D eigenvalue weighted by molar-refractivity contribution is -0.225. The van der Waals surface area contributed by atoms with Crippen molar-refractivity contribution in [2.75, 3.05) is 13.6 Å². The third-order valence-corrected chi connectivity index (χ3v) is 6.46. The molecule has 4 atom stereocenters. The van der Waals surface area contributed by atoms with Crippen LogP contribution < -0.4 is 0 Å². The van der Waals surface area contributed by atoms with Crippen molar-refractivity contribution in [2.24, 2.45) is 10.8 Å². The molecule has 13 nitrogen and oxygen atoms in total. The van der Waals surface area contributed by atoms with Crippen molar-refractivity contribution in [2.45, 2.75) is 80.0 Å². The molecule has 0 bridgehead atoms.